The largest absolute Gasteiger partial charge is 0.307 e. The van der Waals surface area contributed by atoms with Crippen molar-refractivity contribution in [3.05, 3.63) is 11.6 Å². The monoisotopic (exact) mass is 181 g/mol. The topological polar surface area (TPSA) is 29.1 Å². The van der Waals surface area contributed by atoms with Crippen molar-refractivity contribution in [2.45, 2.75) is 39.7 Å². The Morgan fingerprint density at radius 1 is 1.62 bits per heavy atom. The molecule has 0 saturated heterocycles. The zero-order valence-corrected chi connectivity index (χ0v) is 8.76. The van der Waals surface area contributed by atoms with Gasteiger partial charge in [-0.05, 0) is 32.2 Å². The van der Waals surface area contributed by atoms with Crippen molar-refractivity contribution in [2.75, 3.05) is 6.54 Å². The molecule has 0 amide bonds. The van der Waals surface area contributed by atoms with E-state index in [1.165, 1.54) is 12.0 Å². The molecule has 0 aromatic heterocycles. The van der Waals surface area contributed by atoms with Gasteiger partial charge >= 0.3 is 0 Å². The standard InChI is InChI=1S/C11H19NO/c1-8(2)11(9(3)13)12-7-6-10-4-5-10/h4,8,11-12H,5-7H2,1-3H3/t11-/m0/s1. The molecule has 2 heteroatoms. The van der Waals surface area contributed by atoms with E-state index in [1.54, 1.807) is 6.92 Å². The number of hydrogen-bond acceptors (Lipinski definition) is 2. The van der Waals surface area contributed by atoms with E-state index in [0.29, 0.717) is 5.92 Å². The first kappa shape index (κ1) is 10.5. The predicted molar refractivity (Wildman–Crippen MR) is 54.6 cm³/mol. The first-order chi connectivity index (χ1) is 6.11. The Hall–Kier alpha value is -0.630. The number of rotatable bonds is 6. The average molecular weight is 181 g/mol. The summed E-state index contributed by atoms with van der Waals surface area (Å²) in [5.74, 6) is 0.644. The van der Waals surface area contributed by atoms with E-state index in [-0.39, 0.29) is 11.8 Å². The first-order valence-electron chi connectivity index (χ1n) is 5.03. The summed E-state index contributed by atoms with van der Waals surface area (Å²) in [5, 5.41) is 3.30. The van der Waals surface area contributed by atoms with Gasteiger partial charge in [0.15, 0.2) is 0 Å². The molecule has 0 radical (unpaired) electrons. The van der Waals surface area contributed by atoms with Gasteiger partial charge in [-0.1, -0.05) is 25.5 Å². The summed E-state index contributed by atoms with van der Waals surface area (Å²) in [6.45, 7) is 6.76. The number of carbonyl (C=O) groups excluding carboxylic acids is 1. The molecule has 1 aliphatic carbocycles. The normalized spacial score (nSPS) is 17.1. The lowest BCUT2D eigenvalue weighted by Gasteiger charge is -2.18. The maximum atomic E-state index is 11.2. The van der Waals surface area contributed by atoms with Crippen LogP contribution in [0, 0.1) is 5.92 Å². The summed E-state index contributed by atoms with van der Waals surface area (Å²) in [7, 11) is 0. The van der Waals surface area contributed by atoms with Gasteiger partial charge in [0.1, 0.15) is 5.78 Å². The Balaban J connectivity index is 2.20. The molecule has 2 nitrogen and oxygen atoms in total. The molecule has 0 aliphatic heterocycles. The number of ketones is 1. The Kier molecular flexibility index (Phi) is 3.67. The minimum absolute atomic E-state index is 0.0411. The number of carbonyl (C=O) groups is 1. The van der Waals surface area contributed by atoms with Crippen molar-refractivity contribution in [2.24, 2.45) is 5.92 Å². The molecule has 74 valence electrons. The fraction of sp³-hybridized carbons (Fsp3) is 0.727. The fourth-order valence-electron chi connectivity index (χ4n) is 1.51. The number of hydrogen-bond donors (Lipinski definition) is 1. The van der Waals surface area contributed by atoms with E-state index in [4.69, 9.17) is 0 Å². The predicted octanol–water partition coefficient (Wildman–Crippen LogP) is 1.91. The molecule has 1 atom stereocenters. The lowest BCUT2D eigenvalue weighted by atomic mass is 10.0. The highest BCUT2D eigenvalue weighted by Gasteiger charge is 2.17. The Morgan fingerprint density at radius 2 is 2.23 bits per heavy atom. The third-order valence-corrected chi connectivity index (χ3v) is 2.41. The summed E-state index contributed by atoms with van der Waals surface area (Å²) in [5.41, 5.74) is 1.53. The molecule has 0 fully saturated rings. The minimum Gasteiger partial charge on any atom is -0.307 e. The third kappa shape index (κ3) is 3.73. The van der Waals surface area contributed by atoms with E-state index in [0.717, 1.165) is 13.0 Å². The van der Waals surface area contributed by atoms with Crippen molar-refractivity contribution >= 4 is 5.78 Å². The van der Waals surface area contributed by atoms with Gasteiger partial charge in [0.25, 0.3) is 0 Å². The Morgan fingerprint density at radius 3 is 2.62 bits per heavy atom. The molecule has 0 spiro atoms. The Bertz CT molecular complexity index is 218. The smallest absolute Gasteiger partial charge is 0.146 e. The van der Waals surface area contributed by atoms with Crippen LogP contribution in [0.4, 0.5) is 0 Å². The van der Waals surface area contributed by atoms with E-state index < -0.39 is 0 Å². The second-order valence-corrected chi connectivity index (χ2v) is 4.10. The molecule has 0 unspecified atom stereocenters. The molecule has 0 aromatic carbocycles. The molecular formula is C11H19NO. The van der Waals surface area contributed by atoms with E-state index >= 15 is 0 Å². The van der Waals surface area contributed by atoms with Gasteiger partial charge in [-0.15, -0.1) is 0 Å². The zero-order chi connectivity index (χ0) is 9.84. The van der Waals surface area contributed by atoms with Crippen molar-refractivity contribution in [1.82, 2.24) is 5.32 Å². The molecular weight excluding hydrogens is 162 g/mol. The van der Waals surface area contributed by atoms with Crippen LogP contribution >= 0.6 is 0 Å². The summed E-state index contributed by atoms with van der Waals surface area (Å²) in [4.78, 5) is 11.2. The molecule has 1 rings (SSSR count). The van der Waals surface area contributed by atoms with Gasteiger partial charge in [-0.25, -0.2) is 0 Å². The third-order valence-electron chi connectivity index (χ3n) is 2.41. The van der Waals surface area contributed by atoms with Gasteiger partial charge in [-0.2, -0.15) is 0 Å². The quantitative estimate of drug-likeness (QED) is 0.634. The highest BCUT2D eigenvalue weighted by atomic mass is 16.1. The summed E-state index contributed by atoms with van der Waals surface area (Å²) >= 11 is 0. The minimum atomic E-state index is 0.0411. The number of allylic oxidation sites excluding steroid dienone is 1. The van der Waals surface area contributed by atoms with Crippen LogP contribution in [0.2, 0.25) is 0 Å². The van der Waals surface area contributed by atoms with E-state index in [9.17, 15) is 4.79 Å². The fourth-order valence-corrected chi connectivity index (χ4v) is 1.51. The van der Waals surface area contributed by atoms with Crippen molar-refractivity contribution in [3.63, 3.8) is 0 Å². The average Bonchev–Trinajstić information content (AvgIpc) is 2.79. The molecule has 1 N–H and O–H groups in total. The number of nitrogens with one attached hydrogen (secondary N) is 1. The van der Waals surface area contributed by atoms with Gasteiger partial charge in [0.05, 0.1) is 6.04 Å². The zero-order valence-electron chi connectivity index (χ0n) is 8.76. The van der Waals surface area contributed by atoms with Crippen molar-refractivity contribution < 1.29 is 4.79 Å². The summed E-state index contributed by atoms with van der Waals surface area (Å²) in [6.07, 6.45) is 4.53. The van der Waals surface area contributed by atoms with Crippen LogP contribution in [-0.2, 0) is 4.79 Å². The van der Waals surface area contributed by atoms with Crippen LogP contribution in [0.25, 0.3) is 0 Å². The van der Waals surface area contributed by atoms with Gasteiger partial charge in [0, 0.05) is 0 Å². The van der Waals surface area contributed by atoms with Gasteiger partial charge in [0.2, 0.25) is 0 Å². The maximum absolute atomic E-state index is 11.2. The molecule has 0 heterocycles. The van der Waals surface area contributed by atoms with E-state index in [2.05, 4.69) is 25.2 Å². The maximum Gasteiger partial charge on any atom is 0.146 e. The lowest BCUT2D eigenvalue weighted by molar-refractivity contribution is -0.119. The molecule has 0 saturated carbocycles. The van der Waals surface area contributed by atoms with Crippen LogP contribution in [0.5, 0.6) is 0 Å². The lowest BCUT2D eigenvalue weighted by Crippen LogP contribution is -2.40. The van der Waals surface area contributed by atoms with Crippen LogP contribution < -0.4 is 5.32 Å². The number of Topliss-reactive ketones (excluding diaryl/α,β-unsaturated/α-hetero) is 1. The van der Waals surface area contributed by atoms with Crippen molar-refractivity contribution in [1.29, 1.82) is 0 Å². The highest BCUT2D eigenvalue weighted by Crippen LogP contribution is 2.21. The van der Waals surface area contributed by atoms with E-state index in [1.807, 2.05) is 0 Å². The summed E-state index contributed by atoms with van der Waals surface area (Å²) < 4.78 is 0. The molecule has 0 aromatic rings. The molecule has 13 heavy (non-hydrogen) atoms. The van der Waals surface area contributed by atoms with Gasteiger partial charge < -0.3 is 5.32 Å². The van der Waals surface area contributed by atoms with Crippen LogP contribution in [0.15, 0.2) is 11.6 Å². The SMILES string of the molecule is CC(=O)[C@@H](NCCC1=CC1)C(C)C. The molecule has 0 bridgehead atoms. The van der Waals surface area contributed by atoms with Crippen LogP contribution in [0.1, 0.15) is 33.6 Å². The van der Waals surface area contributed by atoms with Crippen LogP contribution in [-0.4, -0.2) is 18.4 Å². The summed E-state index contributed by atoms with van der Waals surface area (Å²) in [6, 6.07) is 0.0411. The second kappa shape index (κ2) is 4.56. The molecule has 1 aliphatic rings. The highest BCUT2D eigenvalue weighted by molar-refractivity contribution is 5.81. The van der Waals surface area contributed by atoms with Gasteiger partial charge in [-0.3, -0.25) is 4.79 Å². The Labute approximate surface area is 80.4 Å². The second-order valence-electron chi connectivity index (χ2n) is 4.10. The van der Waals surface area contributed by atoms with Crippen LogP contribution in [0.3, 0.4) is 0 Å². The van der Waals surface area contributed by atoms with Crippen molar-refractivity contribution in [3.8, 4) is 0 Å². The first-order valence-corrected chi connectivity index (χ1v) is 5.03.